The van der Waals surface area contributed by atoms with E-state index >= 15 is 0 Å². The van der Waals surface area contributed by atoms with Crippen LogP contribution in [0.5, 0.6) is 5.75 Å². The van der Waals surface area contributed by atoms with E-state index in [4.69, 9.17) is 9.47 Å². The molecule has 0 radical (unpaired) electrons. The minimum atomic E-state index is -0.619. The number of methoxy groups -OCH3 is 1. The number of benzene rings is 2. The molecule has 0 atom stereocenters. The Kier molecular flexibility index (Phi) is 6.20. The van der Waals surface area contributed by atoms with Crippen molar-refractivity contribution in [1.82, 2.24) is 4.90 Å². The monoisotopic (exact) mass is 423 g/mol. The Morgan fingerprint density at radius 2 is 1.61 bits per heavy atom. The minimum absolute atomic E-state index is 0.132. The number of Topliss-reactive ketones (excluding diaryl/α,β-unsaturated/α-hetero) is 1. The summed E-state index contributed by atoms with van der Waals surface area (Å²) in [5, 5.41) is 2.06. The molecule has 0 unspecified atom stereocenters. The van der Waals surface area contributed by atoms with Gasteiger partial charge in [0.2, 0.25) is 0 Å². The van der Waals surface area contributed by atoms with Crippen LogP contribution in [0.1, 0.15) is 46.1 Å². The fourth-order valence-corrected chi connectivity index (χ4v) is 4.56. The molecule has 1 aliphatic rings. The fourth-order valence-electron chi connectivity index (χ4n) is 4.56. The molecule has 1 fully saturated rings. The third kappa shape index (κ3) is 5.13. The van der Waals surface area contributed by atoms with Crippen LogP contribution in [0.4, 0.5) is 0 Å². The van der Waals surface area contributed by atoms with Crippen LogP contribution >= 0.6 is 0 Å². The predicted molar refractivity (Wildman–Crippen MR) is 120 cm³/mol. The van der Waals surface area contributed by atoms with Crippen molar-refractivity contribution in [1.29, 1.82) is 0 Å². The Balaban J connectivity index is 1.63. The van der Waals surface area contributed by atoms with Gasteiger partial charge in [0.05, 0.1) is 7.11 Å². The summed E-state index contributed by atoms with van der Waals surface area (Å²) in [5.41, 5.74) is -0.393. The summed E-state index contributed by atoms with van der Waals surface area (Å²) in [5.74, 6) is 0.0250. The largest absolute Gasteiger partial charge is 0.497 e. The molecular weight excluding hydrogens is 394 g/mol. The molecular formula is C25H29NO5. The number of carbonyl (C=O) groups is 3. The van der Waals surface area contributed by atoms with Crippen molar-refractivity contribution in [3.8, 4) is 5.75 Å². The van der Waals surface area contributed by atoms with Crippen LogP contribution in [0.25, 0.3) is 16.8 Å². The van der Waals surface area contributed by atoms with Crippen molar-refractivity contribution in [2.45, 2.75) is 51.6 Å². The van der Waals surface area contributed by atoms with Crippen LogP contribution in [0.2, 0.25) is 0 Å². The zero-order chi connectivity index (χ0) is 22.8. The average Bonchev–Trinajstić information content (AvgIpc) is 2.67. The second-order valence-electron chi connectivity index (χ2n) is 9.16. The highest BCUT2D eigenvalue weighted by Crippen LogP contribution is 2.36. The molecule has 31 heavy (non-hydrogen) atoms. The van der Waals surface area contributed by atoms with Gasteiger partial charge in [0, 0.05) is 30.0 Å². The van der Waals surface area contributed by atoms with Crippen LogP contribution < -0.4 is 4.74 Å². The number of esters is 1. The maximum atomic E-state index is 12.8. The lowest BCUT2D eigenvalue weighted by Crippen LogP contribution is -2.63. The van der Waals surface area contributed by atoms with E-state index in [1.165, 1.54) is 6.08 Å². The van der Waals surface area contributed by atoms with Gasteiger partial charge < -0.3 is 14.4 Å². The summed E-state index contributed by atoms with van der Waals surface area (Å²) in [7, 11) is 1.63. The second-order valence-corrected chi connectivity index (χ2v) is 9.16. The highest BCUT2D eigenvalue weighted by molar-refractivity contribution is 5.92. The van der Waals surface area contributed by atoms with E-state index in [2.05, 4.69) is 0 Å². The standard InChI is InChI=1S/C25H29NO5/c1-24(2)14-20(27)15-25(3,4)26(24)22(28)16-31-23(29)11-7-17-6-8-19-13-21(30-5)10-9-18(19)12-17/h6-13H,14-16H2,1-5H3/b11-7+. The minimum Gasteiger partial charge on any atom is -0.497 e. The van der Waals surface area contributed by atoms with Gasteiger partial charge in [-0.2, -0.15) is 0 Å². The van der Waals surface area contributed by atoms with Crippen LogP contribution in [0.15, 0.2) is 42.5 Å². The van der Waals surface area contributed by atoms with Gasteiger partial charge in [-0.1, -0.05) is 18.2 Å². The van der Waals surface area contributed by atoms with Gasteiger partial charge >= 0.3 is 5.97 Å². The summed E-state index contributed by atoms with van der Waals surface area (Å²) < 4.78 is 10.4. The van der Waals surface area contributed by atoms with Gasteiger partial charge in [-0.3, -0.25) is 9.59 Å². The van der Waals surface area contributed by atoms with Crippen molar-refractivity contribution in [2.24, 2.45) is 0 Å². The highest BCUT2D eigenvalue weighted by Gasteiger charge is 2.47. The lowest BCUT2D eigenvalue weighted by molar-refractivity contribution is -0.161. The molecule has 0 spiro atoms. The van der Waals surface area contributed by atoms with E-state index in [0.29, 0.717) is 12.8 Å². The van der Waals surface area contributed by atoms with E-state index in [0.717, 1.165) is 22.1 Å². The molecule has 3 rings (SSSR count). The van der Waals surface area contributed by atoms with E-state index < -0.39 is 17.0 Å². The second kappa shape index (κ2) is 8.53. The average molecular weight is 424 g/mol. The molecule has 164 valence electrons. The summed E-state index contributed by atoms with van der Waals surface area (Å²) >= 11 is 0. The molecule has 0 saturated carbocycles. The molecule has 0 aromatic heterocycles. The number of likely N-dealkylation sites (tertiary alicyclic amines) is 1. The number of hydrogen-bond acceptors (Lipinski definition) is 5. The quantitative estimate of drug-likeness (QED) is 0.534. The number of fused-ring (bicyclic) bond motifs is 1. The molecule has 2 aromatic rings. The van der Waals surface area contributed by atoms with Crippen molar-refractivity contribution in [2.75, 3.05) is 13.7 Å². The maximum absolute atomic E-state index is 12.8. The van der Waals surface area contributed by atoms with Crippen LogP contribution in [-0.4, -0.2) is 47.4 Å². The van der Waals surface area contributed by atoms with Crippen LogP contribution in [0.3, 0.4) is 0 Å². The SMILES string of the molecule is COc1ccc2cc(/C=C/C(=O)OCC(=O)N3C(C)(C)CC(=O)CC3(C)C)ccc2c1. The van der Waals surface area contributed by atoms with Crippen molar-refractivity contribution < 1.29 is 23.9 Å². The normalized spacial score (nSPS) is 17.7. The van der Waals surface area contributed by atoms with Crippen molar-refractivity contribution in [3.05, 3.63) is 48.0 Å². The first-order valence-electron chi connectivity index (χ1n) is 10.3. The zero-order valence-electron chi connectivity index (χ0n) is 18.7. The maximum Gasteiger partial charge on any atom is 0.331 e. The van der Waals surface area contributed by atoms with E-state index in [1.807, 2.05) is 64.1 Å². The number of amides is 1. The molecule has 0 N–H and O–H groups in total. The first-order valence-corrected chi connectivity index (χ1v) is 10.3. The summed E-state index contributed by atoms with van der Waals surface area (Å²) in [6.07, 6.45) is 3.56. The predicted octanol–water partition coefficient (Wildman–Crippen LogP) is 4.15. The molecule has 1 saturated heterocycles. The number of piperidine rings is 1. The molecule has 1 aliphatic heterocycles. The fraction of sp³-hybridized carbons (Fsp3) is 0.400. The number of nitrogens with zero attached hydrogens (tertiary/aromatic N) is 1. The van der Waals surface area contributed by atoms with Gasteiger partial charge in [-0.25, -0.2) is 4.79 Å². The number of carbonyl (C=O) groups excluding carboxylic acids is 3. The smallest absolute Gasteiger partial charge is 0.331 e. The Bertz CT molecular complexity index is 1030. The van der Waals surface area contributed by atoms with Gasteiger partial charge in [-0.15, -0.1) is 0 Å². The molecule has 1 heterocycles. The Labute approximate surface area is 182 Å². The molecule has 1 amide bonds. The van der Waals surface area contributed by atoms with E-state index in [9.17, 15) is 14.4 Å². The van der Waals surface area contributed by atoms with E-state index in [-0.39, 0.29) is 18.3 Å². The molecule has 2 aromatic carbocycles. The Hall–Kier alpha value is -3.15. The Morgan fingerprint density at radius 3 is 2.26 bits per heavy atom. The third-order valence-electron chi connectivity index (χ3n) is 5.54. The lowest BCUT2D eigenvalue weighted by atomic mass is 9.79. The molecule has 6 heteroatoms. The van der Waals surface area contributed by atoms with Gasteiger partial charge in [-0.05, 0) is 68.3 Å². The summed E-state index contributed by atoms with van der Waals surface area (Å²) in [6.45, 7) is 7.09. The van der Waals surface area contributed by atoms with Crippen LogP contribution in [-0.2, 0) is 19.1 Å². The summed E-state index contributed by atoms with van der Waals surface area (Å²) in [4.78, 5) is 38.7. The first kappa shape index (κ1) is 22.5. The van der Waals surface area contributed by atoms with Gasteiger partial charge in [0.25, 0.3) is 5.91 Å². The highest BCUT2D eigenvalue weighted by atomic mass is 16.5. The summed E-state index contributed by atoms with van der Waals surface area (Å²) in [6, 6.07) is 11.6. The first-order chi connectivity index (χ1) is 14.5. The van der Waals surface area contributed by atoms with E-state index in [1.54, 1.807) is 18.1 Å². The van der Waals surface area contributed by atoms with Gasteiger partial charge in [0.1, 0.15) is 11.5 Å². The molecule has 0 bridgehead atoms. The number of hydrogen-bond donors (Lipinski definition) is 0. The number of ketones is 1. The lowest BCUT2D eigenvalue weighted by Gasteiger charge is -2.51. The van der Waals surface area contributed by atoms with Crippen molar-refractivity contribution in [3.63, 3.8) is 0 Å². The van der Waals surface area contributed by atoms with Gasteiger partial charge in [0.15, 0.2) is 6.61 Å². The molecule has 0 aliphatic carbocycles. The number of rotatable bonds is 5. The Morgan fingerprint density at radius 1 is 1.00 bits per heavy atom. The van der Waals surface area contributed by atoms with Crippen molar-refractivity contribution >= 4 is 34.5 Å². The number of ether oxygens (including phenoxy) is 2. The molecule has 6 nitrogen and oxygen atoms in total. The van der Waals surface area contributed by atoms with Crippen LogP contribution in [0, 0.1) is 0 Å². The zero-order valence-corrected chi connectivity index (χ0v) is 18.7. The topological polar surface area (TPSA) is 72.9 Å². The third-order valence-corrected chi connectivity index (χ3v) is 5.54.